The smallest absolute Gasteiger partial charge is 0.239 e. The zero-order valence-corrected chi connectivity index (χ0v) is 16.4. The van der Waals surface area contributed by atoms with E-state index in [9.17, 15) is 15.0 Å². The van der Waals surface area contributed by atoms with Gasteiger partial charge in [0.15, 0.2) is 5.76 Å². The zero-order valence-electron chi connectivity index (χ0n) is 16.4. The summed E-state index contributed by atoms with van der Waals surface area (Å²) in [5, 5.41) is 19.6. The van der Waals surface area contributed by atoms with E-state index in [-0.39, 0.29) is 34.8 Å². The standard InChI is InChI=1S/C22H22O7/c1-12(2)18(11-23)28-14-7-5-13(6-8-14)21-22(27-4)20(25)19-16(24)9-15(26-3)10-17(19)29-21/h5-10,18,23-24H,1,11H2,2-4H3/t18-/m0/s1. The molecule has 1 aromatic heterocycles. The van der Waals surface area contributed by atoms with Crippen molar-refractivity contribution in [3.05, 3.63) is 58.8 Å². The Morgan fingerprint density at radius 3 is 2.38 bits per heavy atom. The molecule has 1 atom stereocenters. The van der Waals surface area contributed by atoms with Gasteiger partial charge >= 0.3 is 0 Å². The fourth-order valence-electron chi connectivity index (χ4n) is 2.89. The maximum Gasteiger partial charge on any atom is 0.239 e. The third kappa shape index (κ3) is 3.90. The first kappa shape index (κ1) is 20.3. The lowest BCUT2D eigenvalue weighted by atomic mass is 10.1. The number of aliphatic hydroxyl groups is 1. The third-order valence-corrected chi connectivity index (χ3v) is 4.46. The van der Waals surface area contributed by atoms with Gasteiger partial charge in [-0.3, -0.25) is 4.79 Å². The van der Waals surface area contributed by atoms with Crippen molar-refractivity contribution in [2.24, 2.45) is 0 Å². The largest absolute Gasteiger partial charge is 0.507 e. The molecule has 0 aliphatic heterocycles. The second kappa shape index (κ2) is 8.28. The predicted molar refractivity (Wildman–Crippen MR) is 109 cm³/mol. The summed E-state index contributed by atoms with van der Waals surface area (Å²) in [7, 11) is 2.81. The molecule has 0 amide bonds. The average Bonchev–Trinajstić information content (AvgIpc) is 2.71. The van der Waals surface area contributed by atoms with Gasteiger partial charge in [-0.05, 0) is 36.8 Å². The van der Waals surface area contributed by atoms with E-state index in [1.807, 2.05) is 0 Å². The van der Waals surface area contributed by atoms with Crippen LogP contribution in [0.5, 0.6) is 23.0 Å². The second-order valence-corrected chi connectivity index (χ2v) is 6.47. The number of hydrogen-bond donors (Lipinski definition) is 2. The van der Waals surface area contributed by atoms with Crippen LogP contribution in [0, 0.1) is 0 Å². The van der Waals surface area contributed by atoms with E-state index in [2.05, 4.69) is 6.58 Å². The highest BCUT2D eigenvalue weighted by Gasteiger charge is 2.20. The van der Waals surface area contributed by atoms with Gasteiger partial charge in [-0.25, -0.2) is 0 Å². The van der Waals surface area contributed by atoms with Gasteiger partial charge in [0.1, 0.15) is 34.3 Å². The van der Waals surface area contributed by atoms with E-state index in [0.29, 0.717) is 22.6 Å². The Balaban J connectivity index is 2.09. The molecule has 7 heteroatoms. The molecule has 29 heavy (non-hydrogen) atoms. The number of phenols is 1. The van der Waals surface area contributed by atoms with E-state index >= 15 is 0 Å². The SMILES string of the molecule is C=C(C)[C@H](CO)Oc1ccc(-c2oc3cc(OC)cc(O)c3c(=O)c2OC)cc1. The summed E-state index contributed by atoms with van der Waals surface area (Å²) in [6.07, 6.45) is -0.510. The molecule has 0 spiro atoms. The molecule has 0 radical (unpaired) electrons. The van der Waals surface area contributed by atoms with Gasteiger partial charge in [-0.2, -0.15) is 0 Å². The van der Waals surface area contributed by atoms with Crippen LogP contribution in [0.15, 0.2) is 57.8 Å². The Hall–Kier alpha value is -3.45. The van der Waals surface area contributed by atoms with Gasteiger partial charge in [-0.15, -0.1) is 0 Å². The van der Waals surface area contributed by atoms with Gasteiger partial charge in [0.05, 0.1) is 20.8 Å². The van der Waals surface area contributed by atoms with Crippen molar-refractivity contribution in [1.29, 1.82) is 0 Å². The zero-order chi connectivity index (χ0) is 21.1. The first-order chi connectivity index (χ1) is 13.9. The maximum absolute atomic E-state index is 12.9. The van der Waals surface area contributed by atoms with Crippen LogP contribution in [0.2, 0.25) is 0 Å². The molecule has 1 heterocycles. The number of methoxy groups -OCH3 is 2. The van der Waals surface area contributed by atoms with Gasteiger partial charge < -0.3 is 28.8 Å². The number of phenolic OH excluding ortho intramolecular Hbond substituents is 1. The minimum absolute atomic E-state index is 0.0126. The van der Waals surface area contributed by atoms with Crippen LogP contribution in [0.1, 0.15) is 6.92 Å². The summed E-state index contributed by atoms with van der Waals surface area (Å²) in [4.78, 5) is 12.9. The number of ether oxygens (including phenoxy) is 3. The van der Waals surface area contributed by atoms with Crippen LogP contribution in [0.4, 0.5) is 0 Å². The normalized spacial score (nSPS) is 11.9. The number of benzene rings is 2. The van der Waals surface area contributed by atoms with Crippen molar-refractivity contribution in [2.45, 2.75) is 13.0 Å². The van der Waals surface area contributed by atoms with Gasteiger partial charge in [0.25, 0.3) is 0 Å². The maximum atomic E-state index is 12.9. The number of aliphatic hydroxyl groups excluding tert-OH is 1. The van der Waals surface area contributed by atoms with Crippen molar-refractivity contribution in [3.8, 4) is 34.3 Å². The Kier molecular flexibility index (Phi) is 5.79. The highest BCUT2D eigenvalue weighted by Crippen LogP contribution is 2.36. The molecule has 0 aliphatic carbocycles. The van der Waals surface area contributed by atoms with E-state index < -0.39 is 11.5 Å². The lowest BCUT2D eigenvalue weighted by Crippen LogP contribution is -2.21. The minimum Gasteiger partial charge on any atom is -0.507 e. The van der Waals surface area contributed by atoms with Gasteiger partial charge in [0.2, 0.25) is 11.2 Å². The summed E-state index contributed by atoms with van der Waals surface area (Å²) in [5.74, 6) is 0.811. The first-order valence-corrected chi connectivity index (χ1v) is 8.84. The van der Waals surface area contributed by atoms with Crippen LogP contribution in [-0.2, 0) is 0 Å². The quantitative estimate of drug-likeness (QED) is 0.588. The Bertz CT molecular complexity index is 1100. The molecular weight excluding hydrogens is 376 g/mol. The van der Waals surface area contributed by atoms with Crippen molar-refractivity contribution in [1.82, 2.24) is 0 Å². The van der Waals surface area contributed by atoms with Crippen LogP contribution in [0.25, 0.3) is 22.3 Å². The van der Waals surface area contributed by atoms with Crippen LogP contribution in [-0.4, -0.2) is 37.1 Å². The van der Waals surface area contributed by atoms with Gasteiger partial charge in [0, 0.05) is 17.7 Å². The average molecular weight is 398 g/mol. The fourth-order valence-corrected chi connectivity index (χ4v) is 2.89. The van der Waals surface area contributed by atoms with Crippen LogP contribution in [0.3, 0.4) is 0 Å². The molecule has 0 aliphatic rings. The second-order valence-electron chi connectivity index (χ2n) is 6.47. The van der Waals surface area contributed by atoms with Crippen LogP contribution >= 0.6 is 0 Å². The summed E-state index contributed by atoms with van der Waals surface area (Å²) >= 11 is 0. The molecule has 3 aromatic rings. The lowest BCUT2D eigenvalue weighted by molar-refractivity contribution is 0.142. The van der Waals surface area contributed by atoms with E-state index in [1.54, 1.807) is 31.2 Å². The first-order valence-electron chi connectivity index (χ1n) is 8.84. The minimum atomic E-state index is -0.510. The third-order valence-electron chi connectivity index (χ3n) is 4.46. The fraction of sp³-hybridized carbons (Fsp3) is 0.227. The molecule has 0 saturated heterocycles. The van der Waals surface area contributed by atoms with Gasteiger partial charge in [-0.1, -0.05) is 6.58 Å². The number of rotatable bonds is 7. The summed E-state index contributed by atoms with van der Waals surface area (Å²) in [6, 6.07) is 9.64. The molecule has 3 rings (SSSR count). The molecule has 0 bridgehead atoms. The summed E-state index contributed by atoms with van der Waals surface area (Å²) in [5.41, 5.74) is 0.955. The van der Waals surface area contributed by atoms with Crippen molar-refractivity contribution < 1.29 is 28.8 Å². The number of aromatic hydroxyl groups is 1. The molecule has 0 saturated carbocycles. The lowest BCUT2D eigenvalue weighted by Gasteiger charge is -2.17. The van der Waals surface area contributed by atoms with Crippen LogP contribution < -0.4 is 19.6 Å². The van der Waals surface area contributed by atoms with Crippen molar-refractivity contribution >= 4 is 11.0 Å². The number of fused-ring (bicyclic) bond motifs is 1. The topological polar surface area (TPSA) is 98.4 Å². The highest BCUT2D eigenvalue weighted by molar-refractivity contribution is 5.88. The predicted octanol–water partition coefficient (Wildman–Crippen LogP) is 3.50. The molecule has 7 nitrogen and oxygen atoms in total. The molecular formula is C22H22O7. The highest BCUT2D eigenvalue weighted by atomic mass is 16.5. The number of hydrogen-bond acceptors (Lipinski definition) is 7. The van der Waals surface area contributed by atoms with Crippen molar-refractivity contribution in [2.75, 3.05) is 20.8 Å². The Morgan fingerprint density at radius 1 is 1.14 bits per heavy atom. The Labute approximate surface area is 167 Å². The van der Waals surface area contributed by atoms with E-state index in [1.165, 1.54) is 26.4 Å². The molecule has 152 valence electrons. The summed E-state index contributed by atoms with van der Waals surface area (Å²) in [6.45, 7) is 5.37. The van der Waals surface area contributed by atoms with Crippen molar-refractivity contribution in [3.63, 3.8) is 0 Å². The Morgan fingerprint density at radius 2 is 1.83 bits per heavy atom. The molecule has 0 fully saturated rings. The van der Waals surface area contributed by atoms with E-state index in [0.717, 1.165) is 0 Å². The summed E-state index contributed by atoms with van der Waals surface area (Å²) < 4.78 is 22.0. The molecule has 2 N–H and O–H groups in total. The monoisotopic (exact) mass is 398 g/mol. The molecule has 2 aromatic carbocycles. The van der Waals surface area contributed by atoms with E-state index in [4.69, 9.17) is 18.6 Å². The molecule has 0 unspecified atom stereocenters.